The number of carbonyl (C=O) groups excluding carboxylic acids is 1. The van der Waals surface area contributed by atoms with Crippen molar-refractivity contribution in [1.29, 1.82) is 0 Å². The monoisotopic (exact) mass is 354 g/mol. The third kappa shape index (κ3) is 3.06. The maximum absolute atomic E-state index is 14.7. The number of anilines is 1. The molecular formula is C20H19FN2O3. The average Bonchev–Trinajstić information content (AvgIpc) is 2.63. The van der Waals surface area contributed by atoms with Gasteiger partial charge in [-0.1, -0.05) is 12.1 Å². The molecule has 1 heterocycles. The van der Waals surface area contributed by atoms with Gasteiger partial charge in [-0.25, -0.2) is 9.18 Å². The molecule has 1 aromatic heterocycles. The number of pyridine rings is 1. The zero-order valence-corrected chi connectivity index (χ0v) is 14.6. The van der Waals surface area contributed by atoms with Gasteiger partial charge >= 0.3 is 5.97 Å². The molecule has 0 aliphatic rings. The van der Waals surface area contributed by atoms with Gasteiger partial charge in [0.05, 0.1) is 12.1 Å². The number of benzene rings is 2. The first-order chi connectivity index (χ1) is 12.5. The van der Waals surface area contributed by atoms with Crippen molar-refractivity contribution < 1.29 is 13.9 Å². The van der Waals surface area contributed by atoms with Crippen LogP contribution in [-0.4, -0.2) is 17.1 Å². The number of halogens is 1. The van der Waals surface area contributed by atoms with E-state index < -0.39 is 17.2 Å². The molecule has 3 aromatic rings. The van der Waals surface area contributed by atoms with E-state index in [1.807, 2.05) is 6.92 Å². The standard InChI is InChI=1S/C20H19FN2O3/c1-3-23-11-16(20(25)26-4-2)19(24)15-9-17(21)14(10-18(15)23)12-5-7-13(22)8-6-12/h5-11H,3-4,22H2,1-2H3. The van der Waals surface area contributed by atoms with E-state index >= 15 is 0 Å². The van der Waals surface area contributed by atoms with Gasteiger partial charge in [0, 0.05) is 29.4 Å². The molecule has 0 radical (unpaired) electrons. The second-order valence-corrected chi connectivity index (χ2v) is 5.85. The molecule has 0 saturated carbocycles. The quantitative estimate of drug-likeness (QED) is 0.574. The van der Waals surface area contributed by atoms with E-state index in [9.17, 15) is 14.0 Å². The molecule has 0 unspecified atom stereocenters. The van der Waals surface area contributed by atoms with Crippen LogP contribution in [0.25, 0.3) is 22.0 Å². The highest BCUT2D eigenvalue weighted by atomic mass is 19.1. The fourth-order valence-corrected chi connectivity index (χ4v) is 2.91. The van der Waals surface area contributed by atoms with E-state index in [4.69, 9.17) is 10.5 Å². The van der Waals surface area contributed by atoms with Crippen molar-refractivity contribution in [2.45, 2.75) is 20.4 Å². The molecule has 6 heteroatoms. The van der Waals surface area contributed by atoms with Gasteiger partial charge in [0.25, 0.3) is 0 Å². The fraction of sp³-hybridized carbons (Fsp3) is 0.200. The molecule has 0 saturated heterocycles. The SMILES string of the molecule is CCOC(=O)c1cn(CC)c2cc(-c3ccc(N)cc3)c(F)cc2c1=O. The van der Waals surface area contributed by atoms with Gasteiger partial charge in [-0.2, -0.15) is 0 Å². The van der Waals surface area contributed by atoms with Gasteiger partial charge in [0.1, 0.15) is 11.4 Å². The van der Waals surface area contributed by atoms with Crippen molar-refractivity contribution in [1.82, 2.24) is 4.57 Å². The summed E-state index contributed by atoms with van der Waals surface area (Å²) in [4.78, 5) is 24.7. The molecule has 3 rings (SSSR count). The van der Waals surface area contributed by atoms with Crippen LogP contribution in [0.4, 0.5) is 10.1 Å². The van der Waals surface area contributed by atoms with Crippen LogP contribution in [0, 0.1) is 5.82 Å². The minimum atomic E-state index is -0.704. The van der Waals surface area contributed by atoms with Crippen molar-refractivity contribution in [2.75, 3.05) is 12.3 Å². The van der Waals surface area contributed by atoms with E-state index in [1.54, 1.807) is 41.8 Å². The number of aromatic nitrogens is 1. The lowest BCUT2D eigenvalue weighted by molar-refractivity contribution is 0.0524. The molecule has 0 bridgehead atoms. The summed E-state index contributed by atoms with van der Waals surface area (Å²) in [5.74, 6) is -1.24. The molecule has 0 aliphatic carbocycles. The maximum atomic E-state index is 14.7. The Morgan fingerprint density at radius 2 is 1.88 bits per heavy atom. The molecule has 2 aromatic carbocycles. The lowest BCUT2D eigenvalue weighted by atomic mass is 10.0. The second-order valence-electron chi connectivity index (χ2n) is 5.85. The predicted molar refractivity (Wildman–Crippen MR) is 99.6 cm³/mol. The molecule has 0 atom stereocenters. The van der Waals surface area contributed by atoms with Crippen LogP contribution < -0.4 is 11.2 Å². The molecule has 0 fully saturated rings. The summed E-state index contributed by atoms with van der Waals surface area (Å²) in [5.41, 5.74) is 7.21. The number of rotatable bonds is 4. The highest BCUT2D eigenvalue weighted by molar-refractivity contribution is 5.95. The van der Waals surface area contributed by atoms with Crippen LogP contribution in [0.2, 0.25) is 0 Å². The van der Waals surface area contributed by atoms with Crippen LogP contribution in [0.3, 0.4) is 0 Å². The van der Waals surface area contributed by atoms with Crippen LogP contribution in [0.15, 0.2) is 47.4 Å². The number of fused-ring (bicyclic) bond motifs is 1. The number of esters is 1. The van der Waals surface area contributed by atoms with E-state index in [-0.39, 0.29) is 17.6 Å². The van der Waals surface area contributed by atoms with Crippen LogP contribution in [0.1, 0.15) is 24.2 Å². The maximum Gasteiger partial charge on any atom is 0.343 e. The first-order valence-corrected chi connectivity index (χ1v) is 8.36. The van der Waals surface area contributed by atoms with E-state index in [1.165, 1.54) is 12.3 Å². The summed E-state index contributed by atoms with van der Waals surface area (Å²) in [7, 11) is 0. The van der Waals surface area contributed by atoms with Crippen molar-refractivity contribution in [3.63, 3.8) is 0 Å². The average molecular weight is 354 g/mol. The molecule has 26 heavy (non-hydrogen) atoms. The third-order valence-corrected chi connectivity index (χ3v) is 4.23. The zero-order chi connectivity index (χ0) is 18.8. The van der Waals surface area contributed by atoms with Crippen LogP contribution in [-0.2, 0) is 11.3 Å². The topological polar surface area (TPSA) is 74.3 Å². The molecule has 2 N–H and O–H groups in total. The van der Waals surface area contributed by atoms with Gasteiger partial charge in [-0.15, -0.1) is 0 Å². The largest absolute Gasteiger partial charge is 0.462 e. The number of nitrogens with two attached hydrogens (primary N) is 1. The highest BCUT2D eigenvalue weighted by Crippen LogP contribution is 2.28. The van der Waals surface area contributed by atoms with E-state index in [2.05, 4.69) is 0 Å². The molecule has 0 amide bonds. The Labute approximate surface area is 149 Å². The molecular weight excluding hydrogens is 335 g/mol. The molecule has 134 valence electrons. The van der Waals surface area contributed by atoms with Gasteiger partial charge in [-0.05, 0) is 43.7 Å². The van der Waals surface area contributed by atoms with Gasteiger partial charge < -0.3 is 15.0 Å². The Kier molecular flexibility index (Phi) is 4.75. The van der Waals surface area contributed by atoms with Crippen molar-refractivity contribution in [3.8, 4) is 11.1 Å². The highest BCUT2D eigenvalue weighted by Gasteiger charge is 2.18. The van der Waals surface area contributed by atoms with E-state index in [0.29, 0.717) is 28.9 Å². The first kappa shape index (κ1) is 17.7. The number of nitrogens with zero attached hydrogens (tertiary/aromatic N) is 1. The smallest absolute Gasteiger partial charge is 0.343 e. The third-order valence-electron chi connectivity index (χ3n) is 4.23. The Morgan fingerprint density at radius 1 is 1.19 bits per heavy atom. The predicted octanol–water partition coefficient (Wildman–Crippen LogP) is 3.59. The number of hydrogen-bond donors (Lipinski definition) is 1. The Bertz CT molecular complexity index is 1040. The Morgan fingerprint density at radius 3 is 2.50 bits per heavy atom. The number of carbonyl (C=O) groups is 1. The van der Waals surface area contributed by atoms with Crippen LogP contribution in [0.5, 0.6) is 0 Å². The lowest BCUT2D eigenvalue weighted by Crippen LogP contribution is -2.21. The first-order valence-electron chi connectivity index (χ1n) is 8.36. The Hall–Kier alpha value is -3.15. The zero-order valence-electron chi connectivity index (χ0n) is 14.6. The minimum Gasteiger partial charge on any atom is -0.462 e. The fourth-order valence-electron chi connectivity index (χ4n) is 2.91. The molecule has 5 nitrogen and oxygen atoms in total. The molecule has 0 spiro atoms. The van der Waals surface area contributed by atoms with Crippen molar-refractivity contribution in [2.24, 2.45) is 0 Å². The molecule has 0 aliphatic heterocycles. The summed E-state index contributed by atoms with van der Waals surface area (Å²) in [6.45, 7) is 4.21. The summed E-state index contributed by atoms with van der Waals surface area (Å²) < 4.78 is 21.4. The minimum absolute atomic E-state index is 0.0964. The van der Waals surface area contributed by atoms with Crippen molar-refractivity contribution >= 4 is 22.6 Å². The number of nitrogen functional groups attached to an aromatic ring is 1. The second kappa shape index (κ2) is 7.00. The van der Waals surface area contributed by atoms with Gasteiger partial charge in [0.15, 0.2) is 0 Å². The lowest BCUT2D eigenvalue weighted by Gasteiger charge is -2.13. The van der Waals surface area contributed by atoms with Gasteiger partial charge in [-0.3, -0.25) is 4.79 Å². The summed E-state index contributed by atoms with van der Waals surface area (Å²) in [6, 6.07) is 9.63. The number of hydrogen-bond acceptors (Lipinski definition) is 4. The number of ether oxygens (including phenoxy) is 1. The van der Waals surface area contributed by atoms with Gasteiger partial charge in [0.2, 0.25) is 5.43 Å². The summed E-state index contributed by atoms with van der Waals surface area (Å²) in [5, 5.41) is 0.147. The number of aryl methyl sites for hydroxylation is 1. The summed E-state index contributed by atoms with van der Waals surface area (Å²) >= 11 is 0. The van der Waals surface area contributed by atoms with Crippen LogP contribution >= 0.6 is 0 Å². The van der Waals surface area contributed by atoms with E-state index in [0.717, 1.165) is 0 Å². The Balaban J connectivity index is 2.27. The van der Waals surface area contributed by atoms with Crippen molar-refractivity contribution in [3.05, 3.63) is 64.2 Å². The summed E-state index contributed by atoms with van der Waals surface area (Å²) in [6.07, 6.45) is 1.47. The normalized spacial score (nSPS) is 10.9.